The highest BCUT2D eigenvalue weighted by Crippen LogP contribution is 2.10. The zero-order valence-electron chi connectivity index (χ0n) is 13.2. The van der Waals surface area contributed by atoms with E-state index in [4.69, 9.17) is 0 Å². The van der Waals surface area contributed by atoms with Crippen molar-refractivity contribution in [2.75, 3.05) is 11.9 Å². The highest BCUT2D eigenvalue weighted by atomic mass is 19.1. The lowest BCUT2D eigenvalue weighted by Crippen LogP contribution is -2.33. The molecule has 0 spiro atoms. The second kappa shape index (κ2) is 7.47. The number of rotatable bonds is 5. The predicted molar refractivity (Wildman–Crippen MR) is 86.5 cm³/mol. The third kappa shape index (κ3) is 4.04. The maximum Gasteiger partial charge on any atom is 0.254 e. The molecule has 1 aromatic carbocycles. The molecule has 0 atom stereocenters. The van der Waals surface area contributed by atoms with Gasteiger partial charge in [0.15, 0.2) is 5.82 Å². The van der Waals surface area contributed by atoms with E-state index in [1.54, 1.807) is 12.1 Å². The van der Waals surface area contributed by atoms with Crippen LogP contribution in [0.5, 0.6) is 0 Å². The minimum absolute atomic E-state index is 0.349. The van der Waals surface area contributed by atoms with Gasteiger partial charge in [-0.25, -0.2) is 23.4 Å². The van der Waals surface area contributed by atoms with E-state index in [9.17, 15) is 18.4 Å². The Morgan fingerprint density at radius 1 is 1.15 bits per heavy atom. The van der Waals surface area contributed by atoms with Crippen LogP contribution in [0.4, 0.5) is 14.5 Å². The lowest BCUT2D eigenvalue weighted by atomic mass is 10.2. The Morgan fingerprint density at radius 2 is 2.00 bits per heavy atom. The molecule has 0 aliphatic rings. The number of aromatic nitrogens is 4. The van der Waals surface area contributed by atoms with Crippen LogP contribution in [0.3, 0.4) is 0 Å². The van der Waals surface area contributed by atoms with Gasteiger partial charge in [-0.3, -0.25) is 9.59 Å². The van der Waals surface area contributed by atoms with Gasteiger partial charge in [-0.1, -0.05) is 0 Å². The number of benzene rings is 1. The Morgan fingerprint density at radius 3 is 2.65 bits per heavy atom. The third-order valence-electron chi connectivity index (χ3n) is 3.27. The summed E-state index contributed by atoms with van der Waals surface area (Å²) in [6.45, 7) is -0.388. The summed E-state index contributed by atoms with van der Waals surface area (Å²) in [5.41, 5.74) is 0.0547. The molecule has 0 saturated heterocycles. The van der Waals surface area contributed by atoms with Gasteiger partial charge < -0.3 is 10.6 Å². The summed E-state index contributed by atoms with van der Waals surface area (Å²) in [5.74, 6) is -2.64. The Hall–Kier alpha value is -3.69. The average molecular weight is 358 g/mol. The summed E-state index contributed by atoms with van der Waals surface area (Å²) in [4.78, 5) is 31.6. The standard InChI is InChI=1S/C16H12F2N6O2/c17-10-1-3-12(13(18)5-10)16(26)21-7-15(25)23-11-2-4-14(20-6-11)24-9-19-8-22-24/h1-6,8-9H,7H2,(H,21,26)(H,23,25). The van der Waals surface area contributed by atoms with Crippen molar-refractivity contribution in [1.82, 2.24) is 25.1 Å². The summed E-state index contributed by atoms with van der Waals surface area (Å²) in [7, 11) is 0. The number of hydrogen-bond acceptors (Lipinski definition) is 5. The Kier molecular flexibility index (Phi) is 4.92. The van der Waals surface area contributed by atoms with Gasteiger partial charge in [0.1, 0.15) is 24.3 Å². The van der Waals surface area contributed by atoms with Gasteiger partial charge in [0.05, 0.1) is 24.0 Å². The van der Waals surface area contributed by atoms with Crippen molar-refractivity contribution in [3.8, 4) is 5.82 Å². The molecular weight excluding hydrogens is 346 g/mol. The van der Waals surface area contributed by atoms with Crippen LogP contribution >= 0.6 is 0 Å². The van der Waals surface area contributed by atoms with E-state index in [1.165, 1.54) is 23.5 Å². The fourth-order valence-corrected chi connectivity index (χ4v) is 2.06. The first-order chi connectivity index (χ1) is 12.5. The second-order valence-electron chi connectivity index (χ2n) is 5.10. The molecule has 0 aliphatic carbocycles. The largest absolute Gasteiger partial charge is 0.343 e. The van der Waals surface area contributed by atoms with Crippen LogP contribution in [0.25, 0.3) is 5.82 Å². The second-order valence-corrected chi connectivity index (χ2v) is 5.10. The molecule has 0 bridgehead atoms. The zero-order valence-corrected chi connectivity index (χ0v) is 13.2. The highest BCUT2D eigenvalue weighted by molar-refractivity contribution is 5.99. The maximum absolute atomic E-state index is 13.5. The van der Waals surface area contributed by atoms with Gasteiger partial charge in [-0.2, -0.15) is 5.10 Å². The van der Waals surface area contributed by atoms with Crippen LogP contribution in [0.1, 0.15) is 10.4 Å². The number of amides is 2. The molecule has 2 heterocycles. The van der Waals surface area contributed by atoms with Gasteiger partial charge in [-0.15, -0.1) is 0 Å². The van der Waals surface area contributed by atoms with Gasteiger partial charge in [0, 0.05) is 6.07 Å². The first-order valence-corrected chi connectivity index (χ1v) is 7.37. The molecule has 26 heavy (non-hydrogen) atoms. The number of pyridine rings is 1. The smallest absolute Gasteiger partial charge is 0.254 e. The molecule has 0 aliphatic heterocycles. The maximum atomic E-state index is 13.5. The molecule has 0 saturated carbocycles. The lowest BCUT2D eigenvalue weighted by Gasteiger charge is -2.08. The van der Waals surface area contributed by atoms with Crippen molar-refractivity contribution < 1.29 is 18.4 Å². The number of hydrogen-bond donors (Lipinski definition) is 2. The molecule has 8 nitrogen and oxygen atoms in total. The van der Waals surface area contributed by atoms with Crippen LogP contribution in [0, 0.1) is 11.6 Å². The Labute approximate surface area is 145 Å². The van der Waals surface area contributed by atoms with E-state index in [0.717, 1.165) is 12.1 Å². The first kappa shape index (κ1) is 17.1. The van der Waals surface area contributed by atoms with E-state index < -0.39 is 23.4 Å². The van der Waals surface area contributed by atoms with Crippen LogP contribution in [-0.4, -0.2) is 38.1 Å². The molecular formula is C16H12F2N6O2. The average Bonchev–Trinajstić information content (AvgIpc) is 3.15. The van der Waals surface area contributed by atoms with Crippen LogP contribution in [0.2, 0.25) is 0 Å². The minimum Gasteiger partial charge on any atom is -0.343 e. The van der Waals surface area contributed by atoms with Crippen molar-refractivity contribution in [3.05, 3.63) is 66.4 Å². The van der Waals surface area contributed by atoms with Crippen LogP contribution < -0.4 is 10.6 Å². The predicted octanol–water partition coefficient (Wildman–Crippen LogP) is 1.31. The summed E-state index contributed by atoms with van der Waals surface area (Å²) in [6.07, 6.45) is 4.26. The van der Waals surface area contributed by atoms with Gasteiger partial charge in [0.2, 0.25) is 5.91 Å². The summed E-state index contributed by atoms with van der Waals surface area (Å²) in [6, 6.07) is 5.78. The monoisotopic (exact) mass is 358 g/mol. The molecule has 2 aromatic heterocycles. The minimum atomic E-state index is -1.00. The number of carbonyl (C=O) groups excluding carboxylic acids is 2. The normalized spacial score (nSPS) is 10.4. The number of halogens is 2. The zero-order chi connectivity index (χ0) is 18.5. The van der Waals surface area contributed by atoms with Crippen molar-refractivity contribution in [1.29, 1.82) is 0 Å². The van der Waals surface area contributed by atoms with Gasteiger partial charge in [0.25, 0.3) is 5.91 Å². The van der Waals surface area contributed by atoms with Crippen molar-refractivity contribution in [2.24, 2.45) is 0 Å². The fraction of sp³-hybridized carbons (Fsp3) is 0.0625. The van der Waals surface area contributed by atoms with E-state index in [1.807, 2.05) is 0 Å². The fourth-order valence-electron chi connectivity index (χ4n) is 2.06. The molecule has 3 rings (SSSR count). The number of anilines is 1. The van der Waals surface area contributed by atoms with E-state index in [0.29, 0.717) is 17.6 Å². The number of nitrogens with one attached hydrogen (secondary N) is 2. The Balaban J connectivity index is 1.54. The number of nitrogens with zero attached hydrogens (tertiary/aromatic N) is 4. The van der Waals surface area contributed by atoms with E-state index >= 15 is 0 Å². The SMILES string of the molecule is O=C(CNC(=O)c1ccc(F)cc1F)Nc1ccc(-n2cncn2)nc1. The van der Waals surface area contributed by atoms with Gasteiger partial charge >= 0.3 is 0 Å². The van der Waals surface area contributed by atoms with Crippen LogP contribution in [-0.2, 0) is 4.79 Å². The quantitative estimate of drug-likeness (QED) is 0.716. The van der Waals surface area contributed by atoms with Crippen molar-refractivity contribution in [3.63, 3.8) is 0 Å². The Bertz CT molecular complexity index is 928. The molecule has 0 fully saturated rings. The summed E-state index contributed by atoms with van der Waals surface area (Å²) < 4.78 is 27.8. The van der Waals surface area contributed by atoms with Crippen LogP contribution in [0.15, 0.2) is 49.2 Å². The molecule has 2 amide bonds. The van der Waals surface area contributed by atoms with Crippen molar-refractivity contribution >= 4 is 17.5 Å². The number of carbonyl (C=O) groups is 2. The molecule has 2 N–H and O–H groups in total. The van der Waals surface area contributed by atoms with E-state index in [2.05, 4.69) is 25.7 Å². The summed E-state index contributed by atoms with van der Waals surface area (Å²) >= 11 is 0. The first-order valence-electron chi connectivity index (χ1n) is 7.37. The lowest BCUT2D eigenvalue weighted by molar-refractivity contribution is -0.115. The molecule has 10 heteroatoms. The third-order valence-corrected chi connectivity index (χ3v) is 3.27. The molecule has 0 unspecified atom stereocenters. The van der Waals surface area contributed by atoms with Gasteiger partial charge in [-0.05, 0) is 24.3 Å². The molecule has 132 valence electrons. The molecule has 3 aromatic rings. The summed E-state index contributed by atoms with van der Waals surface area (Å²) in [5, 5.41) is 8.71. The van der Waals surface area contributed by atoms with Crippen molar-refractivity contribution in [2.45, 2.75) is 0 Å². The highest BCUT2D eigenvalue weighted by Gasteiger charge is 2.13. The van der Waals surface area contributed by atoms with E-state index in [-0.39, 0.29) is 12.1 Å². The topological polar surface area (TPSA) is 102 Å². The molecule has 0 radical (unpaired) electrons.